The van der Waals surface area contributed by atoms with E-state index in [1.54, 1.807) is 20.5 Å². The molecule has 0 aromatic heterocycles. The molecule has 0 amide bonds. The van der Waals surface area contributed by atoms with Gasteiger partial charge in [-0.1, -0.05) is 34.1 Å². The summed E-state index contributed by atoms with van der Waals surface area (Å²) in [4.78, 5) is 0. The quantitative estimate of drug-likeness (QED) is 0.146. The van der Waals surface area contributed by atoms with Gasteiger partial charge >= 0.3 is 0 Å². The van der Waals surface area contributed by atoms with Gasteiger partial charge in [-0.05, 0) is 62.7 Å². The minimum Gasteiger partial charge on any atom is -0.469 e. The maximum atomic E-state index is 7.26. The molecule has 2 saturated carbocycles. The Morgan fingerprint density at radius 2 is 1.79 bits per heavy atom. The van der Waals surface area contributed by atoms with E-state index < -0.39 is 31.4 Å². The molecule has 3 unspecified atom stereocenters. The molecule has 2 bridgehead atoms. The normalized spacial score (nSPS) is 45.6. The SMILES string of the molecule is COCOCC[C@@H]1CCC[C@H](OCOC)[C@@]1(C)[C@]12O[C@@]1(C)C1CC2OC2OC=C[C@@]21O[Si](C)(C)C(C)(C)C. The molecule has 3 aliphatic heterocycles. The first kappa shape index (κ1) is 29.0. The monoisotopic (exact) mass is 554 g/mol. The number of methoxy groups -OCH3 is 2. The minimum absolute atomic E-state index is 0.0121. The number of hydrogen-bond acceptors (Lipinski definition) is 8. The van der Waals surface area contributed by atoms with Crippen LogP contribution in [0.4, 0.5) is 0 Å². The lowest BCUT2D eigenvalue weighted by Gasteiger charge is -2.53. The van der Waals surface area contributed by atoms with Crippen molar-refractivity contribution in [3.05, 3.63) is 12.3 Å². The molecule has 2 saturated heterocycles. The summed E-state index contributed by atoms with van der Waals surface area (Å²) in [6.07, 6.45) is 8.32. The fourth-order valence-electron chi connectivity index (χ4n) is 8.28. The Bertz CT molecular complexity index is 905. The third-order valence-electron chi connectivity index (χ3n) is 11.1. The highest BCUT2D eigenvalue weighted by molar-refractivity contribution is 6.74. The van der Waals surface area contributed by atoms with Crippen LogP contribution >= 0.6 is 0 Å². The van der Waals surface area contributed by atoms with Crippen molar-refractivity contribution in [3.8, 4) is 0 Å². The zero-order valence-corrected chi connectivity index (χ0v) is 26.0. The van der Waals surface area contributed by atoms with E-state index in [2.05, 4.69) is 53.8 Å². The van der Waals surface area contributed by atoms with Crippen molar-refractivity contribution in [1.29, 1.82) is 0 Å². The van der Waals surface area contributed by atoms with Crippen molar-refractivity contribution in [2.24, 2.45) is 17.3 Å². The summed E-state index contributed by atoms with van der Waals surface area (Å²) in [6, 6.07) is 0. The third kappa shape index (κ3) is 3.94. The first-order valence-corrected chi connectivity index (χ1v) is 17.3. The molecular formula is C29H50O8Si. The number of fused-ring (bicyclic) bond motifs is 7. The molecule has 4 fully saturated rings. The molecule has 0 aromatic rings. The molecule has 0 spiro atoms. The minimum atomic E-state index is -2.16. The summed E-state index contributed by atoms with van der Waals surface area (Å²) >= 11 is 0. The first-order chi connectivity index (χ1) is 17.8. The Hall–Kier alpha value is -0.523. The Balaban J connectivity index is 1.52. The Kier molecular flexibility index (Phi) is 7.47. The molecule has 2 aliphatic carbocycles. The second kappa shape index (κ2) is 9.79. The lowest BCUT2D eigenvalue weighted by Crippen LogP contribution is -2.62. The van der Waals surface area contributed by atoms with Gasteiger partial charge in [-0.15, -0.1) is 0 Å². The summed E-state index contributed by atoms with van der Waals surface area (Å²) in [5.41, 5.74) is -1.87. The van der Waals surface area contributed by atoms with Gasteiger partial charge in [0.2, 0.25) is 6.29 Å². The number of hydrogen-bond donors (Lipinski definition) is 0. The molecule has 0 radical (unpaired) electrons. The Morgan fingerprint density at radius 3 is 2.47 bits per heavy atom. The predicted molar refractivity (Wildman–Crippen MR) is 145 cm³/mol. The molecule has 9 atom stereocenters. The van der Waals surface area contributed by atoms with Gasteiger partial charge in [0.25, 0.3) is 0 Å². The van der Waals surface area contributed by atoms with Crippen LogP contribution in [0, 0.1) is 17.3 Å². The van der Waals surface area contributed by atoms with Crippen LogP contribution in [0.5, 0.6) is 0 Å². The smallest absolute Gasteiger partial charge is 0.231 e. The summed E-state index contributed by atoms with van der Waals surface area (Å²) in [5, 5.41) is 0.0579. The second-order valence-electron chi connectivity index (χ2n) is 13.9. The topological polar surface area (TPSA) is 77.1 Å². The van der Waals surface area contributed by atoms with E-state index >= 15 is 0 Å². The maximum absolute atomic E-state index is 7.26. The fraction of sp³-hybridized carbons (Fsp3) is 0.931. The largest absolute Gasteiger partial charge is 0.469 e. The van der Waals surface area contributed by atoms with Gasteiger partial charge in [0.1, 0.15) is 30.4 Å². The molecule has 0 N–H and O–H groups in total. The van der Waals surface area contributed by atoms with Crippen molar-refractivity contribution >= 4 is 8.32 Å². The lowest BCUT2D eigenvalue weighted by atomic mass is 9.55. The van der Waals surface area contributed by atoms with Crippen LogP contribution in [0.2, 0.25) is 18.1 Å². The van der Waals surface area contributed by atoms with Crippen LogP contribution in [0.3, 0.4) is 0 Å². The third-order valence-corrected chi connectivity index (χ3v) is 15.6. The summed E-state index contributed by atoms with van der Waals surface area (Å²) < 4.78 is 50.1. The van der Waals surface area contributed by atoms with Gasteiger partial charge in [0, 0.05) is 32.2 Å². The van der Waals surface area contributed by atoms with Crippen LogP contribution in [0.25, 0.3) is 0 Å². The average Bonchev–Trinajstić information content (AvgIpc) is 3.20. The summed E-state index contributed by atoms with van der Waals surface area (Å²) in [6.45, 7) is 17.3. The standard InChI is InChI=1S/C29H50O8Si/c1-25(2,3)38(8,9)37-28-14-16-33-24(28)35-23-17-21(28)27(5)29(23,36-27)26(4)20(13-15-32-18-30-6)11-10-12-22(26)34-19-31-7/h14,16,20-24H,10-13,15,17-19H2,1-9H3/t20-,21?,22-,23?,24?,26-,27-,28-,29-/m0/s1. The second-order valence-corrected chi connectivity index (χ2v) is 18.6. The van der Waals surface area contributed by atoms with E-state index in [1.165, 1.54) is 0 Å². The van der Waals surface area contributed by atoms with Crippen LogP contribution in [-0.4, -0.2) is 78.0 Å². The average molecular weight is 555 g/mol. The number of rotatable bonds is 11. The highest BCUT2D eigenvalue weighted by Crippen LogP contribution is 2.78. The van der Waals surface area contributed by atoms with Gasteiger partial charge in [0.15, 0.2) is 8.32 Å². The summed E-state index contributed by atoms with van der Waals surface area (Å²) in [7, 11) is 1.18. The van der Waals surface area contributed by atoms with Gasteiger partial charge in [0.05, 0.1) is 18.5 Å². The number of ether oxygens (including phenoxy) is 7. The van der Waals surface area contributed by atoms with Crippen molar-refractivity contribution in [2.45, 2.75) is 120 Å². The van der Waals surface area contributed by atoms with Crippen molar-refractivity contribution in [1.82, 2.24) is 0 Å². The Labute approximate surface area is 230 Å². The van der Waals surface area contributed by atoms with E-state index in [0.29, 0.717) is 19.3 Å². The van der Waals surface area contributed by atoms with Gasteiger partial charge in [-0.2, -0.15) is 0 Å². The van der Waals surface area contributed by atoms with Crippen LogP contribution in [-0.2, 0) is 37.6 Å². The van der Waals surface area contributed by atoms with Gasteiger partial charge in [-0.3, -0.25) is 0 Å². The number of epoxide rings is 1. The van der Waals surface area contributed by atoms with E-state index in [1.807, 2.05) is 0 Å². The van der Waals surface area contributed by atoms with Gasteiger partial charge < -0.3 is 37.6 Å². The van der Waals surface area contributed by atoms with Gasteiger partial charge in [-0.25, -0.2) is 0 Å². The van der Waals surface area contributed by atoms with Crippen molar-refractivity contribution in [3.63, 3.8) is 0 Å². The molecule has 38 heavy (non-hydrogen) atoms. The van der Waals surface area contributed by atoms with Crippen LogP contribution in [0.1, 0.15) is 66.7 Å². The zero-order chi connectivity index (χ0) is 27.6. The van der Waals surface area contributed by atoms with Crippen molar-refractivity contribution < 1.29 is 37.6 Å². The highest BCUT2D eigenvalue weighted by Gasteiger charge is 2.91. The molecule has 5 rings (SSSR count). The maximum Gasteiger partial charge on any atom is 0.231 e. The van der Waals surface area contributed by atoms with Crippen LogP contribution < -0.4 is 0 Å². The van der Waals surface area contributed by atoms with E-state index in [-0.39, 0.29) is 35.4 Å². The van der Waals surface area contributed by atoms with Crippen LogP contribution in [0.15, 0.2) is 12.3 Å². The summed E-state index contributed by atoms with van der Waals surface area (Å²) in [5.74, 6) is 0.465. The van der Waals surface area contributed by atoms with E-state index in [9.17, 15) is 0 Å². The zero-order valence-electron chi connectivity index (χ0n) is 25.0. The molecule has 0 aromatic carbocycles. The van der Waals surface area contributed by atoms with Crippen molar-refractivity contribution in [2.75, 3.05) is 34.4 Å². The fourth-order valence-corrected chi connectivity index (χ4v) is 9.77. The lowest BCUT2D eigenvalue weighted by molar-refractivity contribution is -0.272. The van der Waals surface area contributed by atoms with E-state index in [4.69, 9.17) is 37.6 Å². The molecule has 218 valence electrons. The molecule has 9 heteroatoms. The molecular weight excluding hydrogens is 504 g/mol. The molecule has 3 heterocycles. The predicted octanol–water partition coefficient (Wildman–Crippen LogP) is 5.37. The first-order valence-electron chi connectivity index (χ1n) is 14.4. The molecule has 8 nitrogen and oxygen atoms in total. The molecule has 5 aliphatic rings. The highest BCUT2D eigenvalue weighted by atomic mass is 28.4. The Morgan fingerprint density at radius 1 is 1.05 bits per heavy atom. The van der Waals surface area contributed by atoms with E-state index in [0.717, 1.165) is 32.1 Å².